The standard InChI is InChI=1S/C18H19N3O4S/c1-11(2)12-4-6-13(7-5-12)17(22)20-18(26)19-15-10-14(21(23)24)8-9-16(15)25-3/h4-11H,1-3H3,(H2,19,20,22,26). The minimum atomic E-state index is -0.525. The fraction of sp³-hybridized carbons (Fsp3) is 0.222. The van der Waals surface area contributed by atoms with E-state index in [1.54, 1.807) is 12.1 Å². The monoisotopic (exact) mass is 373 g/mol. The van der Waals surface area contributed by atoms with Crippen molar-refractivity contribution < 1.29 is 14.5 Å². The molecule has 0 saturated carbocycles. The number of nitrogens with one attached hydrogen (secondary N) is 2. The fourth-order valence-corrected chi connectivity index (χ4v) is 2.46. The summed E-state index contributed by atoms with van der Waals surface area (Å²) in [7, 11) is 1.43. The van der Waals surface area contributed by atoms with Crippen LogP contribution in [0.2, 0.25) is 0 Å². The first-order valence-electron chi connectivity index (χ1n) is 7.86. The molecule has 0 fully saturated rings. The predicted octanol–water partition coefficient (Wildman–Crippen LogP) is 3.85. The molecular formula is C18H19N3O4S. The number of nitro benzene ring substituents is 1. The van der Waals surface area contributed by atoms with E-state index in [2.05, 4.69) is 24.5 Å². The van der Waals surface area contributed by atoms with Crippen LogP contribution in [0.25, 0.3) is 0 Å². The van der Waals surface area contributed by atoms with Crippen molar-refractivity contribution in [2.24, 2.45) is 0 Å². The minimum Gasteiger partial charge on any atom is -0.495 e. The molecule has 0 bridgehead atoms. The maximum Gasteiger partial charge on any atom is 0.271 e. The van der Waals surface area contributed by atoms with Crippen molar-refractivity contribution in [3.05, 3.63) is 63.7 Å². The van der Waals surface area contributed by atoms with Gasteiger partial charge >= 0.3 is 0 Å². The number of carbonyl (C=O) groups is 1. The van der Waals surface area contributed by atoms with Gasteiger partial charge in [0.25, 0.3) is 11.6 Å². The topological polar surface area (TPSA) is 93.5 Å². The van der Waals surface area contributed by atoms with Crippen LogP contribution in [0.5, 0.6) is 5.75 Å². The number of rotatable bonds is 5. The third kappa shape index (κ3) is 4.76. The number of non-ortho nitro benzene ring substituents is 1. The molecule has 2 aromatic rings. The zero-order chi connectivity index (χ0) is 19.3. The van der Waals surface area contributed by atoms with Gasteiger partial charge in [0.1, 0.15) is 5.75 Å². The maximum absolute atomic E-state index is 12.3. The molecule has 0 spiro atoms. The lowest BCUT2D eigenvalue weighted by molar-refractivity contribution is -0.384. The van der Waals surface area contributed by atoms with Crippen molar-refractivity contribution in [2.75, 3.05) is 12.4 Å². The molecule has 7 nitrogen and oxygen atoms in total. The summed E-state index contributed by atoms with van der Waals surface area (Å²) in [6, 6.07) is 11.3. The molecular weight excluding hydrogens is 354 g/mol. The molecule has 136 valence electrons. The van der Waals surface area contributed by atoms with Crippen LogP contribution < -0.4 is 15.4 Å². The highest BCUT2D eigenvalue weighted by molar-refractivity contribution is 7.80. The summed E-state index contributed by atoms with van der Waals surface area (Å²) in [4.78, 5) is 22.7. The predicted molar refractivity (Wildman–Crippen MR) is 104 cm³/mol. The number of methoxy groups -OCH3 is 1. The number of hydrogen-bond acceptors (Lipinski definition) is 5. The summed E-state index contributed by atoms with van der Waals surface area (Å²) in [5, 5.41) is 16.2. The highest BCUT2D eigenvalue weighted by Gasteiger charge is 2.14. The third-order valence-electron chi connectivity index (χ3n) is 3.71. The Hall–Kier alpha value is -3.00. The lowest BCUT2D eigenvalue weighted by atomic mass is 10.0. The van der Waals surface area contributed by atoms with Gasteiger partial charge in [-0.25, -0.2) is 0 Å². The number of carbonyl (C=O) groups excluding carboxylic acids is 1. The van der Waals surface area contributed by atoms with Crippen LogP contribution in [0, 0.1) is 10.1 Å². The molecule has 0 aliphatic heterocycles. The van der Waals surface area contributed by atoms with Crippen LogP contribution in [0.15, 0.2) is 42.5 Å². The summed E-state index contributed by atoms with van der Waals surface area (Å²) < 4.78 is 5.15. The lowest BCUT2D eigenvalue weighted by Gasteiger charge is -2.13. The van der Waals surface area contributed by atoms with Gasteiger partial charge in [0.05, 0.1) is 17.7 Å². The Labute approximate surface area is 156 Å². The van der Waals surface area contributed by atoms with Crippen LogP contribution in [-0.2, 0) is 0 Å². The molecule has 2 rings (SSSR count). The number of nitro groups is 1. The number of anilines is 1. The van der Waals surface area contributed by atoms with Gasteiger partial charge in [-0.2, -0.15) is 0 Å². The van der Waals surface area contributed by atoms with E-state index < -0.39 is 4.92 Å². The van der Waals surface area contributed by atoms with Crippen molar-refractivity contribution in [3.63, 3.8) is 0 Å². The number of benzene rings is 2. The number of nitrogens with zero attached hydrogens (tertiary/aromatic N) is 1. The van der Waals surface area contributed by atoms with Gasteiger partial charge in [0, 0.05) is 17.7 Å². The summed E-state index contributed by atoms with van der Waals surface area (Å²) in [5.74, 6) is 0.367. The van der Waals surface area contributed by atoms with Gasteiger partial charge in [0.2, 0.25) is 0 Å². The Morgan fingerprint density at radius 2 is 1.85 bits per heavy atom. The van der Waals surface area contributed by atoms with Gasteiger partial charge in [0.15, 0.2) is 5.11 Å². The molecule has 2 aromatic carbocycles. The number of amides is 1. The quantitative estimate of drug-likeness (QED) is 0.470. The van der Waals surface area contributed by atoms with Crippen molar-refractivity contribution in [1.82, 2.24) is 5.32 Å². The SMILES string of the molecule is COc1ccc([N+](=O)[O-])cc1NC(=S)NC(=O)c1ccc(C(C)C)cc1. The third-order valence-corrected chi connectivity index (χ3v) is 3.91. The number of ether oxygens (including phenoxy) is 1. The molecule has 0 radical (unpaired) electrons. The van der Waals surface area contributed by atoms with Crippen molar-refractivity contribution in [1.29, 1.82) is 0 Å². The smallest absolute Gasteiger partial charge is 0.271 e. The molecule has 0 heterocycles. The fourth-order valence-electron chi connectivity index (χ4n) is 2.26. The Morgan fingerprint density at radius 3 is 2.38 bits per heavy atom. The molecule has 2 N–H and O–H groups in total. The minimum absolute atomic E-state index is 0.0155. The summed E-state index contributed by atoms with van der Waals surface area (Å²) in [6.07, 6.45) is 0. The highest BCUT2D eigenvalue weighted by Crippen LogP contribution is 2.28. The zero-order valence-corrected chi connectivity index (χ0v) is 15.4. The molecule has 1 amide bonds. The van der Waals surface area contributed by atoms with Crippen molar-refractivity contribution >= 4 is 34.6 Å². The molecule has 0 unspecified atom stereocenters. The van der Waals surface area contributed by atoms with E-state index in [0.29, 0.717) is 22.9 Å². The van der Waals surface area contributed by atoms with Gasteiger partial charge < -0.3 is 10.1 Å². The highest BCUT2D eigenvalue weighted by atomic mass is 32.1. The summed E-state index contributed by atoms with van der Waals surface area (Å²) >= 11 is 5.13. The Balaban J connectivity index is 2.09. The second-order valence-electron chi connectivity index (χ2n) is 5.83. The first-order chi connectivity index (χ1) is 12.3. The molecule has 26 heavy (non-hydrogen) atoms. The van der Waals surface area contributed by atoms with Gasteiger partial charge in [-0.3, -0.25) is 20.2 Å². The van der Waals surface area contributed by atoms with Crippen LogP contribution in [0.3, 0.4) is 0 Å². The van der Waals surface area contributed by atoms with Gasteiger partial charge in [-0.1, -0.05) is 26.0 Å². The van der Waals surface area contributed by atoms with Crippen LogP contribution in [-0.4, -0.2) is 23.1 Å². The molecule has 8 heteroatoms. The van der Waals surface area contributed by atoms with Crippen LogP contribution in [0.1, 0.15) is 35.7 Å². The first kappa shape index (κ1) is 19.3. The van der Waals surface area contributed by atoms with E-state index in [1.165, 1.54) is 25.3 Å². The molecule has 0 aliphatic rings. The molecule has 0 atom stereocenters. The number of thiocarbonyl (C=S) groups is 1. The van der Waals surface area contributed by atoms with Crippen molar-refractivity contribution in [2.45, 2.75) is 19.8 Å². The normalized spacial score (nSPS) is 10.3. The van der Waals surface area contributed by atoms with E-state index in [4.69, 9.17) is 17.0 Å². The van der Waals surface area contributed by atoms with Gasteiger partial charge in [-0.05, 0) is 41.9 Å². The zero-order valence-electron chi connectivity index (χ0n) is 14.6. The van der Waals surface area contributed by atoms with Crippen LogP contribution >= 0.6 is 12.2 Å². The first-order valence-corrected chi connectivity index (χ1v) is 8.27. The second kappa shape index (κ2) is 8.39. The molecule has 0 aromatic heterocycles. The summed E-state index contributed by atoms with van der Waals surface area (Å²) in [6.45, 7) is 4.14. The Morgan fingerprint density at radius 1 is 1.19 bits per heavy atom. The maximum atomic E-state index is 12.3. The lowest BCUT2D eigenvalue weighted by Crippen LogP contribution is -2.34. The van der Waals surface area contributed by atoms with E-state index in [9.17, 15) is 14.9 Å². The summed E-state index contributed by atoms with van der Waals surface area (Å²) in [5.41, 5.74) is 1.77. The Kier molecular flexibility index (Phi) is 6.24. The van der Waals surface area contributed by atoms with E-state index >= 15 is 0 Å². The Bertz CT molecular complexity index is 835. The number of hydrogen-bond donors (Lipinski definition) is 2. The molecule has 0 saturated heterocycles. The molecule has 0 aliphatic carbocycles. The average molecular weight is 373 g/mol. The largest absolute Gasteiger partial charge is 0.495 e. The van der Waals surface area contributed by atoms with Crippen molar-refractivity contribution in [3.8, 4) is 5.75 Å². The van der Waals surface area contributed by atoms with E-state index in [-0.39, 0.29) is 16.7 Å². The average Bonchev–Trinajstić information content (AvgIpc) is 2.61. The van der Waals surface area contributed by atoms with E-state index in [0.717, 1.165) is 5.56 Å². The van der Waals surface area contributed by atoms with E-state index in [1.807, 2.05) is 12.1 Å². The van der Waals surface area contributed by atoms with Crippen LogP contribution in [0.4, 0.5) is 11.4 Å². The second-order valence-corrected chi connectivity index (χ2v) is 6.23. The van der Waals surface area contributed by atoms with Gasteiger partial charge in [-0.15, -0.1) is 0 Å².